The molecule has 1 aliphatic heterocycles. The van der Waals surface area contributed by atoms with Crippen molar-refractivity contribution in [3.63, 3.8) is 0 Å². The first-order valence-corrected chi connectivity index (χ1v) is 9.81. The standard InChI is InChI=1S/C22H19F4N3O3/c1-27-12-15(21(31)32)20(30)14-11-16(23)19(17(18(14)27)22(24,25)26)29-9-7-28(8-10-29)13-5-3-2-4-6-13/h2-6,11-12H,7-10H2,1H3,(H,31,32). The van der Waals surface area contributed by atoms with Crippen LogP contribution >= 0.6 is 0 Å². The van der Waals surface area contributed by atoms with Crippen LogP contribution in [0.1, 0.15) is 15.9 Å². The Morgan fingerprint density at radius 1 is 1.03 bits per heavy atom. The Kier molecular flexibility index (Phi) is 5.31. The molecule has 2 aromatic carbocycles. The van der Waals surface area contributed by atoms with E-state index in [0.717, 1.165) is 16.5 Å². The molecule has 0 amide bonds. The van der Waals surface area contributed by atoms with Crippen LogP contribution < -0.4 is 15.2 Å². The fourth-order valence-electron chi connectivity index (χ4n) is 4.19. The van der Waals surface area contributed by atoms with E-state index in [2.05, 4.69) is 0 Å². The van der Waals surface area contributed by atoms with Crippen LogP contribution in [-0.4, -0.2) is 41.8 Å². The number of aryl methyl sites for hydroxylation is 1. The first kappa shape index (κ1) is 21.7. The van der Waals surface area contributed by atoms with Crippen LogP contribution in [0.25, 0.3) is 10.9 Å². The molecule has 168 valence electrons. The smallest absolute Gasteiger partial charge is 0.420 e. The maximum absolute atomic E-state index is 15.1. The third-order valence-electron chi connectivity index (χ3n) is 5.62. The molecule has 0 spiro atoms. The van der Waals surface area contributed by atoms with Crippen molar-refractivity contribution < 1.29 is 27.5 Å². The number of piperazine rings is 1. The van der Waals surface area contributed by atoms with Crippen molar-refractivity contribution in [2.75, 3.05) is 36.0 Å². The molecule has 0 unspecified atom stereocenters. The van der Waals surface area contributed by atoms with E-state index in [4.69, 9.17) is 0 Å². The molecule has 1 aromatic heterocycles. The molecule has 0 bridgehead atoms. The number of carboxylic acids is 1. The number of rotatable bonds is 3. The third-order valence-corrected chi connectivity index (χ3v) is 5.62. The Morgan fingerprint density at radius 3 is 2.19 bits per heavy atom. The Labute approximate surface area is 179 Å². The van der Waals surface area contributed by atoms with Gasteiger partial charge in [-0.15, -0.1) is 0 Å². The maximum Gasteiger partial charge on any atom is 0.420 e. The van der Waals surface area contributed by atoms with Gasteiger partial charge in [-0.2, -0.15) is 13.2 Å². The number of hydrogen-bond donors (Lipinski definition) is 1. The van der Waals surface area contributed by atoms with Crippen molar-refractivity contribution in [1.29, 1.82) is 0 Å². The van der Waals surface area contributed by atoms with Gasteiger partial charge in [0.2, 0.25) is 5.43 Å². The van der Waals surface area contributed by atoms with Gasteiger partial charge in [-0.25, -0.2) is 9.18 Å². The number of anilines is 2. The molecule has 6 nitrogen and oxygen atoms in total. The number of carboxylic acid groups (broad SMARTS) is 1. The molecular formula is C22H19F4N3O3. The highest BCUT2D eigenvalue weighted by Gasteiger charge is 2.41. The van der Waals surface area contributed by atoms with E-state index in [1.165, 1.54) is 11.9 Å². The molecule has 10 heteroatoms. The zero-order chi connectivity index (χ0) is 23.2. The molecule has 32 heavy (non-hydrogen) atoms. The number of pyridine rings is 1. The summed E-state index contributed by atoms with van der Waals surface area (Å²) in [7, 11) is 1.21. The van der Waals surface area contributed by atoms with Crippen LogP contribution in [0, 0.1) is 5.82 Å². The number of alkyl halides is 3. The summed E-state index contributed by atoms with van der Waals surface area (Å²) >= 11 is 0. The summed E-state index contributed by atoms with van der Waals surface area (Å²) in [5.74, 6) is -2.81. The summed E-state index contributed by atoms with van der Waals surface area (Å²) in [6.07, 6.45) is -4.14. The molecule has 0 radical (unpaired) electrons. The van der Waals surface area contributed by atoms with Gasteiger partial charge in [-0.1, -0.05) is 18.2 Å². The number of fused-ring (bicyclic) bond motifs is 1. The Balaban J connectivity index is 1.84. The number of hydrogen-bond acceptors (Lipinski definition) is 4. The summed E-state index contributed by atoms with van der Waals surface area (Å²) in [6, 6.07) is 10.1. The van der Waals surface area contributed by atoms with Crippen molar-refractivity contribution in [3.05, 3.63) is 69.8 Å². The lowest BCUT2D eigenvalue weighted by atomic mass is 10.0. The number of para-hydroxylation sites is 1. The summed E-state index contributed by atoms with van der Waals surface area (Å²) in [6.45, 7) is 1.05. The van der Waals surface area contributed by atoms with Crippen molar-refractivity contribution in [2.24, 2.45) is 7.05 Å². The predicted molar refractivity (Wildman–Crippen MR) is 112 cm³/mol. The molecule has 3 aromatic rings. The lowest BCUT2D eigenvalue weighted by molar-refractivity contribution is -0.136. The summed E-state index contributed by atoms with van der Waals surface area (Å²) in [4.78, 5) is 27.1. The van der Waals surface area contributed by atoms with Crippen molar-refractivity contribution in [3.8, 4) is 0 Å². The van der Waals surface area contributed by atoms with E-state index in [9.17, 15) is 27.9 Å². The van der Waals surface area contributed by atoms with E-state index < -0.39 is 51.1 Å². The summed E-state index contributed by atoms with van der Waals surface area (Å²) < 4.78 is 58.6. The number of aromatic carboxylic acids is 1. The lowest BCUT2D eigenvalue weighted by Gasteiger charge is -2.38. The normalized spacial score (nSPS) is 14.8. The van der Waals surface area contributed by atoms with Gasteiger partial charge in [-0.05, 0) is 18.2 Å². The monoisotopic (exact) mass is 449 g/mol. The van der Waals surface area contributed by atoms with E-state index in [1.807, 2.05) is 35.2 Å². The van der Waals surface area contributed by atoms with Crippen LogP contribution in [-0.2, 0) is 13.2 Å². The van der Waals surface area contributed by atoms with Crippen molar-refractivity contribution in [2.45, 2.75) is 6.18 Å². The molecule has 1 N–H and O–H groups in total. The van der Waals surface area contributed by atoms with Crippen LogP contribution in [0.2, 0.25) is 0 Å². The van der Waals surface area contributed by atoms with E-state index >= 15 is 4.39 Å². The largest absolute Gasteiger partial charge is 0.477 e. The Bertz CT molecular complexity index is 1250. The van der Waals surface area contributed by atoms with Gasteiger partial charge in [-0.3, -0.25) is 4.79 Å². The number of benzene rings is 2. The first-order valence-electron chi connectivity index (χ1n) is 9.81. The minimum Gasteiger partial charge on any atom is -0.477 e. The fourth-order valence-corrected chi connectivity index (χ4v) is 4.19. The van der Waals surface area contributed by atoms with Gasteiger partial charge in [0.05, 0.1) is 16.6 Å². The van der Waals surface area contributed by atoms with Crippen LogP contribution in [0.15, 0.2) is 47.4 Å². The number of carbonyl (C=O) groups is 1. The van der Waals surface area contributed by atoms with Crippen LogP contribution in [0.3, 0.4) is 0 Å². The Morgan fingerprint density at radius 2 is 1.62 bits per heavy atom. The van der Waals surface area contributed by atoms with Gasteiger partial charge >= 0.3 is 12.1 Å². The van der Waals surface area contributed by atoms with Gasteiger partial charge in [0.1, 0.15) is 16.9 Å². The summed E-state index contributed by atoms with van der Waals surface area (Å²) in [5, 5.41) is 8.56. The topological polar surface area (TPSA) is 65.8 Å². The van der Waals surface area contributed by atoms with Crippen molar-refractivity contribution in [1.82, 2.24) is 4.57 Å². The molecule has 0 atom stereocenters. The van der Waals surface area contributed by atoms with Gasteiger partial charge < -0.3 is 19.5 Å². The molecule has 1 aliphatic rings. The quantitative estimate of drug-likeness (QED) is 0.618. The van der Waals surface area contributed by atoms with Gasteiger partial charge in [0, 0.05) is 45.1 Å². The molecule has 0 saturated carbocycles. The zero-order valence-corrected chi connectivity index (χ0v) is 17.0. The van der Waals surface area contributed by atoms with Gasteiger partial charge in [0.25, 0.3) is 0 Å². The van der Waals surface area contributed by atoms with Crippen LogP contribution in [0.5, 0.6) is 0 Å². The van der Waals surface area contributed by atoms with Crippen molar-refractivity contribution >= 4 is 28.2 Å². The number of halogens is 4. The second-order valence-electron chi connectivity index (χ2n) is 7.57. The van der Waals surface area contributed by atoms with Gasteiger partial charge in [0.15, 0.2) is 0 Å². The predicted octanol–water partition coefficient (Wildman–Crippen LogP) is 3.72. The SMILES string of the molecule is Cn1cc(C(=O)O)c(=O)c2cc(F)c(N3CCN(c4ccccc4)CC3)c(C(F)(F)F)c21. The first-order chi connectivity index (χ1) is 15.1. The maximum atomic E-state index is 15.1. The molecule has 2 heterocycles. The average molecular weight is 449 g/mol. The molecule has 0 aliphatic carbocycles. The fraction of sp³-hybridized carbons (Fsp3) is 0.273. The van der Waals surface area contributed by atoms with E-state index in [-0.39, 0.29) is 13.1 Å². The zero-order valence-electron chi connectivity index (χ0n) is 17.0. The average Bonchev–Trinajstić information content (AvgIpc) is 2.75. The van der Waals surface area contributed by atoms with E-state index in [0.29, 0.717) is 19.2 Å². The van der Waals surface area contributed by atoms with E-state index in [1.54, 1.807) is 0 Å². The second kappa shape index (κ2) is 7.85. The highest BCUT2D eigenvalue weighted by Crippen LogP contribution is 2.43. The third kappa shape index (κ3) is 3.65. The molecular weight excluding hydrogens is 430 g/mol. The molecule has 1 saturated heterocycles. The number of nitrogens with zero attached hydrogens (tertiary/aromatic N) is 3. The summed E-state index contributed by atoms with van der Waals surface area (Å²) in [5.41, 5.74) is -3.42. The minimum atomic E-state index is -4.97. The Hall–Kier alpha value is -3.56. The van der Waals surface area contributed by atoms with Crippen LogP contribution in [0.4, 0.5) is 28.9 Å². The molecule has 1 fully saturated rings. The lowest BCUT2D eigenvalue weighted by Crippen LogP contribution is -2.47. The minimum absolute atomic E-state index is 0.140. The second-order valence-corrected chi connectivity index (χ2v) is 7.57. The highest BCUT2D eigenvalue weighted by molar-refractivity contribution is 5.95. The molecule has 4 rings (SSSR count). The number of aromatic nitrogens is 1. The highest BCUT2D eigenvalue weighted by atomic mass is 19.4.